The Kier molecular flexibility index (Phi) is 2.53. The maximum absolute atomic E-state index is 5.56. The lowest BCUT2D eigenvalue weighted by Crippen LogP contribution is -2.15. The summed E-state index contributed by atoms with van der Waals surface area (Å²) in [4.78, 5) is 1.45. The number of aromatic nitrogens is 4. The lowest BCUT2D eigenvalue weighted by Gasteiger charge is -1.99. The molecule has 0 aromatic carbocycles. The monoisotopic (exact) mass is 155 g/mol. The van der Waals surface area contributed by atoms with Crippen molar-refractivity contribution in [1.29, 1.82) is 0 Å². The molecule has 0 aliphatic heterocycles. The third-order valence-corrected chi connectivity index (χ3v) is 1.37. The second-order valence-electron chi connectivity index (χ2n) is 2.71. The summed E-state index contributed by atoms with van der Waals surface area (Å²) in [7, 11) is 1.75. The molecule has 62 valence electrons. The van der Waals surface area contributed by atoms with Gasteiger partial charge in [-0.25, -0.2) is 0 Å². The van der Waals surface area contributed by atoms with Gasteiger partial charge in [0.25, 0.3) is 0 Å². The molecule has 2 N–H and O–H groups in total. The van der Waals surface area contributed by atoms with Gasteiger partial charge in [-0.1, -0.05) is 0 Å². The highest BCUT2D eigenvalue weighted by molar-refractivity contribution is 4.77. The van der Waals surface area contributed by atoms with E-state index in [-0.39, 0.29) is 6.04 Å². The number of hydrogen-bond donors (Lipinski definition) is 1. The third-order valence-electron chi connectivity index (χ3n) is 1.37. The van der Waals surface area contributed by atoms with Crippen LogP contribution in [0.1, 0.15) is 19.2 Å². The molecule has 0 spiro atoms. The van der Waals surface area contributed by atoms with Crippen LogP contribution in [0.2, 0.25) is 0 Å². The van der Waals surface area contributed by atoms with Crippen molar-refractivity contribution in [3.63, 3.8) is 0 Å². The first kappa shape index (κ1) is 8.13. The highest BCUT2D eigenvalue weighted by atomic mass is 15.6. The summed E-state index contributed by atoms with van der Waals surface area (Å²) in [6.45, 7) is 1.97. The van der Waals surface area contributed by atoms with Crippen molar-refractivity contribution in [2.45, 2.75) is 25.8 Å². The summed E-state index contributed by atoms with van der Waals surface area (Å²) >= 11 is 0. The summed E-state index contributed by atoms with van der Waals surface area (Å²) in [5.74, 6) is 0.768. The van der Waals surface area contributed by atoms with Crippen LogP contribution in [0.4, 0.5) is 0 Å². The lowest BCUT2D eigenvalue weighted by molar-refractivity contribution is 0.619. The summed E-state index contributed by atoms with van der Waals surface area (Å²) < 4.78 is 0. The Hall–Kier alpha value is -0.970. The van der Waals surface area contributed by atoms with E-state index in [1.807, 2.05) is 6.92 Å². The van der Waals surface area contributed by atoms with Crippen LogP contribution in [0, 0.1) is 0 Å². The zero-order chi connectivity index (χ0) is 8.27. The van der Waals surface area contributed by atoms with Crippen molar-refractivity contribution in [2.75, 3.05) is 0 Å². The van der Waals surface area contributed by atoms with Crippen LogP contribution in [0.25, 0.3) is 0 Å². The van der Waals surface area contributed by atoms with Crippen molar-refractivity contribution >= 4 is 0 Å². The van der Waals surface area contributed by atoms with E-state index in [9.17, 15) is 0 Å². The quantitative estimate of drug-likeness (QED) is 0.638. The fourth-order valence-corrected chi connectivity index (χ4v) is 0.780. The molecular weight excluding hydrogens is 142 g/mol. The topological polar surface area (TPSA) is 69.6 Å². The average Bonchev–Trinajstić information content (AvgIpc) is 2.31. The molecule has 5 nitrogen and oxygen atoms in total. The molecule has 0 aliphatic carbocycles. The first-order valence-corrected chi connectivity index (χ1v) is 3.67. The second kappa shape index (κ2) is 3.43. The van der Waals surface area contributed by atoms with Crippen LogP contribution < -0.4 is 5.73 Å². The normalized spacial score (nSPS) is 13.4. The number of aryl methyl sites for hydroxylation is 2. The van der Waals surface area contributed by atoms with Gasteiger partial charge in [0.1, 0.15) is 0 Å². The van der Waals surface area contributed by atoms with E-state index in [1.165, 1.54) is 4.80 Å². The van der Waals surface area contributed by atoms with Gasteiger partial charge in [0.15, 0.2) is 5.82 Å². The Morgan fingerprint density at radius 1 is 1.64 bits per heavy atom. The van der Waals surface area contributed by atoms with E-state index >= 15 is 0 Å². The van der Waals surface area contributed by atoms with Gasteiger partial charge in [0.2, 0.25) is 0 Å². The van der Waals surface area contributed by atoms with Crippen molar-refractivity contribution < 1.29 is 0 Å². The fraction of sp³-hybridized carbons (Fsp3) is 0.833. The number of nitrogens with two attached hydrogens (primary N) is 1. The second-order valence-corrected chi connectivity index (χ2v) is 2.71. The number of tetrazole rings is 1. The molecule has 0 aliphatic rings. The van der Waals surface area contributed by atoms with Gasteiger partial charge in [-0.3, -0.25) is 0 Å². The highest BCUT2D eigenvalue weighted by Gasteiger charge is 2.01. The largest absolute Gasteiger partial charge is 0.328 e. The van der Waals surface area contributed by atoms with Gasteiger partial charge >= 0.3 is 0 Å². The molecule has 1 aromatic rings. The van der Waals surface area contributed by atoms with Crippen LogP contribution in [-0.2, 0) is 13.5 Å². The van der Waals surface area contributed by atoms with E-state index in [0.29, 0.717) is 0 Å². The van der Waals surface area contributed by atoms with Crippen molar-refractivity contribution in [3.8, 4) is 0 Å². The van der Waals surface area contributed by atoms with E-state index in [2.05, 4.69) is 15.4 Å². The van der Waals surface area contributed by atoms with Crippen molar-refractivity contribution in [1.82, 2.24) is 20.2 Å². The Bertz CT molecular complexity index is 217. The van der Waals surface area contributed by atoms with E-state index in [4.69, 9.17) is 5.73 Å². The molecule has 0 bridgehead atoms. The van der Waals surface area contributed by atoms with Crippen LogP contribution in [0.5, 0.6) is 0 Å². The van der Waals surface area contributed by atoms with E-state index in [1.54, 1.807) is 7.05 Å². The molecule has 5 heteroatoms. The third kappa shape index (κ3) is 2.63. The molecular formula is C6H13N5. The van der Waals surface area contributed by atoms with Gasteiger partial charge in [0.05, 0.1) is 7.05 Å². The Balaban J connectivity index is 2.39. The predicted molar refractivity (Wildman–Crippen MR) is 40.8 cm³/mol. The standard InChI is InChI=1S/C6H13N5/c1-5(7)3-4-6-8-10-11(2)9-6/h5H,3-4,7H2,1-2H3. The molecule has 1 heterocycles. The van der Waals surface area contributed by atoms with Gasteiger partial charge in [-0.2, -0.15) is 4.80 Å². The molecule has 1 atom stereocenters. The first-order valence-electron chi connectivity index (χ1n) is 3.67. The molecule has 1 rings (SSSR count). The van der Waals surface area contributed by atoms with Crippen LogP contribution in [0.3, 0.4) is 0 Å². The van der Waals surface area contributed by atoms with Gasteiger partial charge < -0.3 is 5.73 Å². The highest BCUT2D eigenvalue weighted by Crippen LogP contribution is 1.94. The Morgan fingerprint density at radius 2 is 2.36 bits per heavy atom. The van der Waals surface area contributed by atoms with Crippen molar-refractivity contribution in [3.05, 3.63) is 5.82 Å². The zero-order valence-electron chi connectivity index (χ0n) is 6.86. The average molecular weight is 155 g/mol. The van der Waals surface area contributed by atoms with Crippen LogP contribution in [-0.4, -0.2) is 26.2 Å². The molecule has 0 saturated carbocycles. The number of hydrogen-bond acceptors (Lipinski definition) is 4. The molecule has 1 aromatic heterocycles. The van der Waals surface area contributed by atoms with Crippen molar-refractivity contribution in [2.24, 2.45) is 12.8 Å². The zero-order valence-corrected chi connectivity index (χ0v) is 6.86. The van der Waals surface area contributed by atoms with E-state index < -0.39 is 0 Å². The van der Waals surface area contributed by atoms with Crippen LogP contribution >= 0.6 is 0 Å². The molecule has 0 radical (unpaired) electrons. The fourth-order valence-electron chi connectivity index (χ4n) is 0.780. The minimum atomic E-state index is 0.207. The SMILES string of the molecule is CC(N)CCc1nnn(C)n1. The summed E-state index contributed by atoms with van der Waals surface area (Å²) in [5.41, 5.74) is 5.56. The minimum absolute atomic E-state index is 0.207. The van der Waals surface area contributed by atoms with Gasteiger partial charge in [-0.05, 0) is 18.6 Å². The first-order chi connectivity index (χ1) is 5.18. The van der Waals surface area contributed by atoms with Gasteiger partial charge in [0, 0.05) is 12.5 Å². The smallest absolute Gasteiger partial charge is 0.174 e. The summed E-state index contributed by atoms with van der Waals surface area (Å²) in [6.07, 6.45) is 1.72. The molecule has 0 amide bonds. The predicted octanol–water partition coefficient (Wildman–Crippen LogP) is -0.510. The van der Waals surface area contributed by atoms with E-state index in [0.717, 1.165) is 18.7 Å². The molecule has 0 saturated heterocycles. The maximum atomic E-state index is 5.56. The Morgan fingerprint density at radius 3 is 2.82 bits per heavy atom. The number of rotatable bonds is 3. The molecule has 0 fully saturated rings. The van der Waals surface area contributed by atoms with Gasteiger partial charge in [-0.15, -0.1) is 10.2 Å². The van der Waals surface area contributed by atoms with Crippen LogP contribution in [0.15, 0.2) is 0 Å². The summed E-state index contributed by atoms with van der Waals surface area (Å²) in [5, 5.41) is 11.6. The molecule has 1 unspecified atom stereocenters. The summed E-state index contributed by atoms with van der Waals surface area (Å²) in [6, 6.07) is 0.207. The maximum Gasteiger partial charge on any atom is 0.174 e. The minimum Gasteiger partial charge on any atom is -0.328 e. The molecule has 11 heavy (non-hydrogen) atoms. The Labute approximate surface area is 65.6 Å². The number of nitrogens with zero attached hydrogens (tertiary/aromatic N) is 4. The lowest BCUT2D eigenvalue weighted by atomic mass is 10.2.